The van der Waals surface area contributed by atoms with Gasteiger partial charge >= 0.3 is 5.97 Å². The molecule has 1 N–H and O–H groups in total. The van der Waals surface area contributed by atoms with Crippen molar-refractivity contribution in [2.45, 2.75) is 0 Å². The second kappa shape index (κ2) is 4.67. The Morgan fingerprint density at radius 1 is 1.57 bits per heavy atom. The number of carboxylic acids is 1. The van der Waals surface area contributed by atoms with Crippen LogP contribution in [-0.4, -0.2) is 18.2 Å². The molecule has 1 aromatic carbocycles. The molecule has 0 saturated heterocycles. The van der Waals surface area contributed by atoms with Crippen molar-refractivity contribution < 1.29 is 14.6 Å². The SMILES string of the molecule is COc1c(Cl)cccc1/C=C/C(=O)O. The third-order valence-electron chi connectivity index (χ3n) is 1.61. The Balaban J connectivity index is 3.08. The van der Waals surface area contributed by atoms with Crippen LogP contribution < -0.4 is 4.74 Å². The minimum Gasteiger partial charge on any atom is -0.495 e. The number of ether oxygens (including phenoxy) is 1. The van der Waals surface area contributed by atoms with Gasteiger partial charge in [0, 0.05) is 11.6 Å². The molecule has 0 aromatic heterocycles. The first-order valence-corrected chi connectivity index (χ1v) is 4.26. The predicted octanol–water partition coefficient (Wildman–Crippen LogP) is 2.45. The molecule has 0 aliphatic carbocycles. The summed E-state index contributed by atoms with van der Waals surface area (Å²) in [7, 11) is 1.49. The van der Waals surface area contributed by atoms with Crippen LogP contribution >= 0.6 is 11.6 Å². The lowest BCUT2D eigenvalue weighted by molar-refractivity contribution is -0.131. The van der Waals surface area contributed by atoms with Crippen molar-refractivity contribution in [3.63, 3.8) is 0 Å². The van der Waals surface area contributed by atoms with Crippen LogP contribution in [0, 0.1) is 0 Å². The van der Waals surface area contributed by atoms with E-state index in [9.17, 15) is 4.79 Å². The maximum atomic E-state index is 10.3. The van der Waals surface area contributed by atoms with E-state index < -0.39 is 5.97 Å². The molecule has 3 nitrogen and oxygen atoms in total. The predicted molar refractivity (Wildman–Crippen MR) is 54.7 cm³/mol. The van der Waals surface area contributed by atoms with E-state index in [1.165, 1.54) is 13.2 Å². The summed E-state index contributed by atoms with van der Waals surface area (Å²) in [6, 6.07) is 5.13. The molecule has 0 aliphatic heterocycles. The molecule has 14 heavy (non-hydrogen) atoms. The molecule has 74 valence electrons. The second-order valence-electron chi connectivity index (χ2n) is 2.53. The summed E-state index contributed by atoms with van der Waals surface area (Å²) in [4.78, 5) is 10.3. The highest BCUT2D eigenvalue weighted by Crippen LogP contribution is 2.28. The van der Waals surface area contributed by atoms with Crippen molar-refractivity contribution in [1.82, 2.24) is 0 Å². The zero-order valence-electron chi connectivity index (χ0n) is 7.53. The van der Waals surface area contributed by atoms with Gasteiger partial charge in [-0.25, -0.2) is 4.79 Å². The van der Waals surface area contributed by atoms with Crippen molar-refractivity contribution >= 4 is 23.6 Å². The summed E-state index contributed by atoms with van der Waals surface area (Å²) in [6.07, 6.45) is 2.47. The topological polar surface area (TPSA) is 46.5 Å². The number of hydrogen-bond acceptors (Lipinski definition) is 2. The van der Waals surface area contributed by atoms with E-state index in [1.54, 1.807) is 18.2 Å². The Hall–Kier alpha value is -1.48. The quantitative estimate of drug-likeness (QED) is 0.783. The van der Waals surface area contributed by atoms with Crippen molar-refractivity contribution in [3.8, 4) is 5.75 Å². The van der Waals surface area contributed by atoms with Gasteiger partial charge < -0.3 is 9.84 Å². The molecule has 0 aliphatic rings. The number of benzene rings is 1. The van der Waals surface area contributed by atoms with E-state index in [4.69, 9.17) is 21.4 Å². The number of hydrogen-bond donors (Lipinski definition) is 1. The molecule has 4 heteroatoms. The number of halogens is 1. The van der Waals surface area contributed by atoms with E-state index in [0.717, 1.165) is 6.08 Å². The maximum Gasteiger partial charge on any atom is 0.328 e. The summed E-state index contributed by atoms with van der Waals surface area (Å²) in [5.41, 5.74) is 0.641. The first kappa shape index (κ1) is 10.6. The van der Waals surface area contributed by atoms with E-state index in [0.29, 0.717) is 16.3 Å². The minimum absolute atomic E-state index is 0.458. The average molecular weight is 213 g/mol. The van der Waals surface area contributed by atoms with Crippen molar-refractivity contribution in [2.75, 3.05) is 7.11 Å². The van der Waals surface area contributed by atoms with Gasteiger partial charge in [0.1, 0.15) is 5.75 Å². The molecular weight excluding hydrogens is 204 g/mol. The maximum absolute atomic E-state index is 10.3. The van der Waals surface area contributed by atoms with Gasteiger partial charge in [-0.3, -0.25) is 0 Å². The van der Waals surface area contributed by atoms with Crippen LogP contribution in [0.25, 0.3) is 6.08 Å². The van der Waals surface area contributed by atoms with Gasteiger partial charge in [-0.2, -0.15) is 0 Å². The van der Waals surface area contributed by atoms with E-state index in [-0.39, 0.29) is 0 Å². The van der Waals surface area contributed by atoms with Crippen LogP contribution in [0.3, 0.4) is 0 Å². The van der Waals surface area contributed by atoms with E-state index in [2.05, 4.69) is 0 Å². The highest BCUT2D eigenvalue weighted by Gasteiger charge is 2.04. The van der Waals surface area contributed by atoms with E-state index >= 15 is 0 Å². The van der Waals surface area contributed by atoms with Gasteiger partial charge in [0.2, 0.25) is 0 Å². The van der Waals surface area contributed by atoms with Crippen LogP contribution in [0.4, 0.5) is 0 Å². The summed E-state index contributed by atoms with van der Waals surface area (Å²) in [5, 5.41) is 8.91. The molecule has 0 fully saturated rings. The number of methoxy groups -OCH3 is 1. The average Bonchev–Trinajstić information content (AvgIpc) is 2.14. The Morgan fingerprint density at radius 2 is 2.29 bits per heavy atom. The van der Waals surface area contributed by atoms with Gasteiger partial charge in [-0.1, -0.05) is 23.7 Å². The minimum atomic E-state index is -1.01. The lowest BCUT2D eigenvalue weighted by Gasteiger charge is -2.05. The molecule has 0 unspecified atom stereocenters. The van der Waals surface area contributed by atoms with Crippen molar-refractivity contribution in [2.24, 2.45) is 0 Å². The number of carboxylic acid groups (broad SMARTS) is 1. The molecule has 0 heterocycles. The molecule has 0 bridgehead atoms. The third-order valence-corrected chi connectivity index (χ3v) is 1.90. The lowest BCUT2D eigenvalue weighted by Crippen LogP contribution is -1.90. The molecule has 0 amide bonds. The Labute approximate surface area is 86.6 Å². The fourth-order valence-corrected chi connectivity index (χ4v) is 1.29. The molecule has 1 aromatic rings. The van der Waals surface area contributed by atoms with Crippen LogP contribution in [0.5, 0.6) is 5.75 Å². The Bertz CT molecular complexity index is 372. The van der Waals surface area contributed by atoms with E-state index in [1.807, 2.05) is 0 Å². The number of rotatable bonds is 3. The molecule has 0 spiro atoms. The normalized spacial score (nSPS) is 10.4. The highest BCUT2D eigenvalue weighted by atomic mass is 35.5. The molecule has 0 saturated carbocycles. The summed E-state index contributed by atoms with van der Waals surface area (Å²) < 4.78 is 5.03. The Morgan fingerprint density at radius 3 is 2.86 bits per heavy atom. The number of carbonyl (C=O) groups is 1. The number of aliphatic carboxylic acids is 1. The zero-order valence-corrected chi connectivity index (χ0v) is 8.28. The van der Waals surface area contributed by atoms with Crippen molar-refractivity contribution in [1.29, 1.82) is 0 Å². The van der Waals surface area contributed by atoms with Gasteiger partial charge in [-0.05, 0) is 12.1 Å². The largest absolute Gasteiger partial charge is 0.495 e. The molecule has 1 rings (SSSR count). The van der Waals surface area contributed by atoms with Crippen LogP contribution in [0.15, 0.2) is 24.3 Å². The molecular formula is C10H9ClO3. The Kier molecular flexibility index (Phi) is 3.54. The van der Waals surface area contributed by atoms with Gasteiger partial charge in [0.15, 0.2) is 0 Å². The summed E-state index contributed by atoms with van der Waals surface area (Å²) in [6.45, 7) is 0. The van der Waals surface area contributed by atoms with Crippen LogP contribution in [0.2, 0.25) is 5.02 Å². The standard InChI is InChI=1S/C10H9ClO3/c1-14-10-7(5-6-9(12)13)3-2-4-8(10)11/h2-6H,1H3,(H,12,13)/b6-5+. The van der Waals surface area contributed by atoms with Crippen LogP contribution in [-0.2, 0) is 4.79 Å². The van der Waals surface area contributed by atoms with Crippen molar-refractivity contribution in [3.05, 3.63) is 34.9 Å². The summed E-state index contributed by atoms with van der Waals surface area (Å²) in [5.74, 6) is -0.529. The smallest absolute Gasteiger partial charge is 0.328 e. The van der Waals surface area contributed by atoms with Gasteiger partial charge in [-0.15, -0.1) is 0 Å². The zero-order chi connectivity index (χ0) is 10.6. The van der Waals surface area contributed by atoms with Gasteiger partial charge in [0.25, 0.3) is 0 Å². The third kappa shape index (κ3) is 2.50. The monoisotopic (exact) mass is 212 g/mol. The summed E-state index contributed by atoms with van der Waals surface area (Å²) >= 11 is 5.84. The van der Waals surface area contributed by atoms with Gasteiger partial charge in [0.05, 0.1) is 12.1 Å². The highest BCUT2D eigenvalue weighted by molar-refractivity contribution is 6.32. The second-order valence-corrected chi connectivity index (χ2v) is 2.94. The number of para-hydroxylation sites is 1. The molecule has 0 atom stereocenters. The first-order valence-electron chi connectivity index (χ1n) is 3.88. The van der Waals surface area contributed by atoms with Crippen LogP contribution in [0.1, 0.15) is 5.56 Å². The lowest BCUT2D eigenvalue weighted by atomic mass is 10.2. The fourth-order valence-electron chi connectivity index (χ4n) is 1.03. The first-order chi connectivity index (χ1) is 6.65. The molecule has 0 radical (unpaired) electrons. The fraction of sp³-hybridized carbons (Fsp3) is 0.100.